The number of benzene rings is 3. The van der Waals surface area contributed by atoms with Crippen LogP contribution < -0.4 is 9.47 Å². The van der Waals surface area contributed by atoms with Gasteiger partial charge in [-0.25, -0.2) is 9.97 Å². The summed E-state index contributed by atoms with van der Waals surface area (Å²) >= 11 is 0. The lowest BCUT2D eigenvalue weighted by Gasteiger charge is -2.12. The standard InChI is InChI=1S/C28H17F7N4O2/c29-25(30)40-19-10-6-17(7-11-19)22-14-23(18-8-12-20(13-9-18)41-26(31)32)39(38-22)27-36-21(16-4-2-1-3-5-16)15-24(37-27)28(33,34)35/h1-15,25-26H. The second-order valence-electron chi connectivity index (χ2n) is 8.43. The molecule has 210 valence electrons. The van der Waals surface area contributed by atoms with E-state index in [0.29, 0.717) is 16.7 Å². The Labute approximate surface area is 227 Å². The lowest BCUT2D eigenvalue weighted by Crippen LogP contribution is -2.14. The van der Waals surface area contributed by atoms with Crippen molar-refractivity contribution in [2.75, 3.05) is 0 Å². The van der Waals surface area contributed by atoms with Crippen LogP contribution in [0.1, 0.15) is 5.69 Å². The van der Waals surface area contributed by atoms with E-state index in [9.17, 15) is 30.7 Å². The van der Waals surface area contributed by atoms with Crippen LogP contribution in [-0.4, -0.2) is 33.0 Å². The van der Waals surface area contributed by atoms with Gasteiger partial charge in [0, 0.05) is 16.7 Å². The van der Waals surface area contributed by atoms with Crippen LogP contribution in [-0.2, 0) is 6.18 Å². The van der Waals surface area contributed by atoms with E-state index >= 15 is 0 Å². The Morgan fingerprint density at radius 1 is 0.610 bits per heavy atom. The molecule has 0 aliphatic carbocycles. The molecule has 0 radical (unpaired) electrons. The normalized spacial score (nSPS) is 11.7. The fourth-order valence-electron chi connectivity index (χ4n) is 3.93. The highest BCUT2D eigenvalue weighted by molar-refractivity contribution is 5.71. The second kappa shape index (κ2) is 11.3. The molecule has 5 rings (SSSR count). The third-order valence-electron chi connectivity index (χ3n) is 5.72. The van der Waals surface area contributed by atoms with E-state index in [2.05, 4.69) is 24.5 Å². The van der Waals surface area contributed by atoms with Gasteiger partial charge in [-0.2, -0.15) is 40.5 Å². The molecule has 0 N–H and O–H groups in total. The summed E-state index contributed by atoms with van der Waals surface area (Å²) in [7, 11) is 0. The SMILES string of the molecule is FC(F)Oc1ccc(-c2cc(-c3ccc(OC(F)F)cc3)n(-c3nc(-c4ccccc4)cc(C(F)(F)F)n3)n2)cc1. The molecule has 0 amide bonds. The first-order valence-corrected chi connectivity index (χ1v) is 11.8. The molecule has 0 atom stereocenters. The van der Waals surface area contributed by atoms with Crippen LogP contribution in [0.2, 0.25) is 0 Å². The van der Waals surface area contributed by atoms with Gasteiger partial charge < -0.3 is 9.47 Å². The summed E-state index contributed by atoms with van der Waals surface area (Å²) in [5.74, 6) is -0.649. The molecular formula is C28H17F7N4O2. The Morgan fingerprint density at radius 2 is 1.15 bits per heavy atom. The smallest absolute Gasteiger partial charge is 0.433 e. The molecule has 2 aromatic heterocycles. The highest BCUT2D eigenvalue weighted by Gasteiger charge is 2.34. The van der Waals surface area contributed by atoms with E-state index in [4.69, 9.17) is 0 Å². The minimum absolute atomic E-state index is 0.0138. The van der Waals surface area contributed by atoms with Crippen molar-refractivity contribution in [2.45, 2.75) is 19.4 Å². The minimum Gasteiger partial charge on any atom is -0.435 e. The highest BCUT2D eigenvalue weighted by Crippen LogP contribution is 2.34. The Hall–Kier alpha value is -4.94. The van der Waals surface area contributed by atoms with Gasteiger partial charge >= 0.3 is 19.4 Å². The third-order valence-corrected chi connectivity index (χ3v) is 5.72. The van der Waals surface area contributed by atoms with Crippen molar-refractivity contribution in [3.05, 3.63) is 96.7 Å². The molecule has 0 fully saturated rings. The van der Waals surface area contributed by atoms with Crippen molar-refractivity contribution in [3.8, 4) is 51.2 Å². The van der Waals surface area contributed by atoms with Gasteiger partial charge in [-0.1, -0.05) is 30.3 Å². The molecule has 0 bridgehead atoms. The summed E-state index contributed by atoms with van der Waals surface area (Å²) in [6.45, 7) is -6.08. The number of rotatable bonds is 8. The minimum atomic E-state index is -4.81. The van der Waals surface area contributed by atoms with Crippen LogP contribution in [0.5, 0.6) is 11.5 Å². The molecule has 5 aromatic rings. The average Bonchev–Trinajstić information content (AvgIpc) is 3.39. The molecule has 0 unspecified atom stereocenters. The fraction of sp³-hybridized carbons (Fsp3) is 0.107. The molecule has 13 heteroatoms. The van der Waals surface area contributed by atoms with Gasteiger partial charge in [0.2, 0.25) is 0 Å². The summed E-state index contributed by atoms with van der Waals surface area (Å²) in [6, 6.07) is 21.3. The highest BCUT2D eigenvalue weighted by atomic mass is 19.4. The summed E-state index contributed by atoms with van der Waals surface area (Å²) in [5.41, 5.74) is 0.413. The number of aromatic nitrogens is 4. The first kappa shape index (κ1) is 27.6. The number of hydrogen-bond acceptors (Lipinski definition) is 5. The van der Waals surface area contributed by atoms with Gasteiger partial charge in [-0.15, -0.1) is 0 Å². The van der Waals surface area contributed by atoms with Crippen LogP contribution >= 0.6 is 0 Å². The average molecular weight is 574 g/mol. The lowest BCUT2D eigenvalue weighted by molar-refractivity contribution is -0.141. The van der Waals surface area contributed by atoms with Crippen molar-refractivity contribution in [1.82, 2.24) is 19.7 Å². The van der Waals surface area contributed by atoms with Crippen molar-refractivity contribution in [1.29, 1.82) is 0 Å². The zero-order valence-corrected chi connectivity index (χ0v) is 20.6. The first-order valence-electron chi connectivity index (χ1n) is 11.8. The lowest BCUT2D eigenvalue weighted by atomic mass is 10.1. The van der Waals surface area contributed by atoms with Gasteiger partial charge in [0.15, 0.2) is 5.69 Å². The quantitative estimate of drug-likeness (QED) is 0.177. The summed E-state index contributed by atoms with van der Waals surface area (Å²) in [5, 5.41) is 4.43. The van der Waals surface area contributed by atoms with Gasteiger partial charge in [-0.3, -0.25) is 0 Å². The molecule has 3 aromatic carbocycles. The molecule has 41 heavy (non-hydrogen) atoms. The van der Waals surface area contributed by atoms with Gasteiger partial charge in [-0.05, 0) is 60.7 Å². The van der Waals surface area contributed by atoms with E-state index in [1.165, 1.54) is 54.6 Å². The maximum atomic E-state index is 13.9. The zero-order chi connectivity index (χ0) is 29.1. The number of ether oxygens (including phenoxy) is 2. The Kier molecular flexibility index (Phi) is 7.60. The number of halogens is 7. The van der Waals surface area contributed by atoms with Crippen LogP contribution in [0.15, 0.2) is 91.0 Å². The second-order valence-corrected chi connectivity index (χ2v) is 8.43. The van der Waals surface area contributed by atoms with Gasteiger partial charge in [0.1, 0.15) is 11.5 Å². The number of nitrogens with zero attached hydrogens (tertiary/aromatic N) is 4. The molecular weight excluding hydrogens is 557 g/mol. The molecule has 0 aliphatic rings. The van der Waals surface area contributed by atoms with Crippen LogP contribution in [0.3, 0.4) is 0 Å². The predicted molar refractivity (Wildman–Crippen MR) is 134 cm³/mol. The fourth-order valence-corrected chi connectivity index (χ4v) is 3.93. The van der Waals surface area contributed by atoms with E-state index in [0.717, 1.165) is 10.7 Å². The molecule has 2 heterocycles. The number of alkyl halides is 7. The van der Waals surface area contributed by atoms with E-state index in [-0.39, 0.29) is 28.6 Å². The predicted octanol–water partition coefficient (Wildman–Crippen LogP) is 7.88. The summed E-state index contributed by atoms with van der Waals surface area (Å²) in [4.78, 5) is 8.08. The van der Waals surface area contributed by atoms with Gasteiger partial charge in [0.05, 0.1) is 17.1 Å². The van der Waals surface area contributed by atoms with Crippen LogP contribution in [0.4, 0.5) is 30.7 Å². The topological polar surface area (TPSA) is 62.1 Å². The zero-order valence-electron chi connectivity index (χ0n) is 20.6. The summed E-state index contributed by atoms with van der Waals surface area (Å²) in [6.07, 6.45) is -4.81. The maximum Gasteiger partial charge on any atom is 0.433 e. The largest absolute Gasteiger partial charge is 0.435 e. The van der Waals surface area contributed by atoms with Crippen molar-refractivity contribution in [3.63, 3.8) is 0 Å². The van der Waals surface area contributed by atoms with Crippen molar-refractivity contribution in [2.24, 2.45) is 0 Å². The molecule has 0 saturated carbocycles. The maximum absolute atomic E-state index is 13.9. The Bertz CT molecular complexity index is 1620. The monoisotopic (exact) mass is 574 g/mol. The molecule has 6 nitrogen and oxygen atoms in total. The van der Waals surface area contributed by atoms with E-state index < -0.39 is 31.0 Å². The van der Waals surface area contributed by atoms with E-state index in [1.54, 1.807) is 30.3 Å². The molecule has 0 spiro atoms. The summed E-state index contributed by atoms with van der Waals surface area (Å²) < 4.78 is 102. The third kappa shape index (κ3) is 6.45. The molecule has 0 saturated heterocycles. The van der Waals surface area contributed by atoms with E-state index in [1.807, 2.05) is 0 Å². The van der Waals surface area contributed by atoms with Crippen molar-refractivity contribution >= 4 is 0 Å². The first-order chi connectivity index (χ1) is 19.6. The number of hydrogen-bond donors (Lipinski definition) is 0. The Balaban J connectivity index is 1.67. The Morgan fingerprint density at radius 3 is 1.68 bits per heavy atom. The van der Waals surface area contributed by atoms with Crippen molar-refractivity contribution < 1.29 is 40.2 Å². The van der Waals surface area contributed by atoms with Gasteiger partial charge in [0.25, 0.3) is 5.95 Å². The van der Waals surface area contributed by atoms with Crippen LogP contribution in [0.25, 0.3) is 39.7 Å². The van der Waals surface area contributed by atoms with Crippen LogP contribution in [0, 0.1) is 0 Å². The molecule has 0 aliphatic heterocycles.